The van der Waals surface area contributed by atoms with Crippen LogP contribution in [0.2, 0.25) is 0 Å². The Morgan fingerprint density at radius 3 is 2.06 bits per heavy atom. The number of oxime groups is 1. The number of aryl methyl sites for hydroxylation is 1. The summed E-state index contributed by atoms with van der Waals surface area (Å²) in [6.07, 6.45) is 3.84. The van der Waals surface area contributed by atoms with Gasteiger partial charge in [0, 0.05) is 23.3 Å². The molecule has 0 radical (unpaired) electrons. The molecule has 0 aliphatic carbocycles. The molecule has 0 spiro atoms. The molecule has 1 N–H and O–H groups in total. The summed E-state index contributed by atoms with van der Waals surface area (Å²) in [5, 5.41) is 12.4. The van der Waals surface area contributed by atoms with E-state index in [2.05, 4.69) is 5.16 Å². The molecule has 2 rings (SSSR count). The number of rotatable bonds is 2. The normalized spacial score (nSPS) is 10.8. The van der Waals surface area contributed by atoms with Gasteiger partial charge in [-0.25, -0.2) is 4.57 Å². The summed E-state index contributed by atoms with van der Waals surface area (Å²) in [5.41, 5.74) is 2.38. The van der Waals surface area contributed by atoms with Crippen LogP contribution in [0.15, 0.2) is 60.0 Å². The van der Waals surface area contributed by atoms with E-state index in [-0.39, 0.29) is 24.0 Å². The Kier molecular flexibility index (Phi) is 5.09. The van der Waals surface area contributed by atoms with Crippen LogP contribution in [0.4, 0.5) is 0 Å². The molecular formula is C13H13IN2O. The molecule has 17 heavy (non-hydrogen) atoms. The van der Waals surface area contributed by atoms with Crippen LogP contribution in [-0.2, 0) is 7.05 Å². The Bertz CT molecular complexity index is 495. The van der Waals surface area contributed by atoms with E-state index in [9.17, 15) is 0 Å². The van der Waals surface area contributed by atoms with Crippen LogP contribution in [0.1, 0.15) is 11.1 Å². The van der Waals surface area contributed by atoms with E-state index >= 15 is 0 Å². The van der Waals surface area contributed by atoms with Gasteiger partial charge in [0.25, 0.3) is 0 Å². The standard InChI is InChI=1S/C13H12N2O.HI/c1-15-9-7-12(8-10-15)13(14-16)11-5-3-2-4-6-11;/h2-10H,1H3;1H. The molecular weight excluding hydrogens is 327 g/mol. The van der Waals surface area contributed by atoms with Crippen LogP contribution < -0.4 is 28.5 Å². The Balaban J connectivity index is 0.00000144. The van der Waals surface area contributed by atoms with Crippen LogP contribution in [0.5, 0.6) is 0 Å². The number of pyridine rings is 1. The molecule has 1 aromatic carbocycles. The highest BCUT2D eigenvalue weighted by molar-refractivity contribution is 6.12. The van der Waals surface area contributed by atoms with Gasteiger partial charge in [-0.1, -0.05) is 35.5 Å². The summed E-state index contributed by atoms with van der Waals surface area (Å²) in [6, 6.07) is 13.4. The van der Waals surface area contributed by atoms with Crippen LogP contribution in [-0.4, -0.2) is 10.9 Å². The quantitative estimate of drug-likeness (QED) is 0.239. The van der Waals surface area contributed by atoms with Gasteiger partial charge in [0.15, 0.2) is 12.4 Å². The maximum absolute atomic E-state index is 9.08. The van der Waals surface area contributed by atoms with Gasteiger partial charge in [-0.05, 0) is 0 Å². The molecule has 0 bridgehead atoms. The van der Waals surface area contributed by atoms with E-state index in [1.165, 1.54) is 0 Å². The summed E-state index contributed by atoms with van der Waals surface area (Å²) in [6.45, 7) is 0. The fraction of sp³-hybridized carbons (Fsp3) is 0.0769. The Labute approximate surface area is 117 Å². The zero-order valence-corrected chi connectivity index (χ0v) is 11.6. The van der Waals surface area contributed by atoms with Gasteiger partial charge in [0.05, 0.1) is 0 Å². The van der Waals surface area contributed by atoms with Gasteiger partial charge in [0.1, 0.15) is 12.8 Å². The number of hydrogen-bond acceptors (Lipinski definition) is 2. The molecule has 1 heterocycles. The largest absolute Gasteiger partial charge is 1.00 e. The first kappa shape index (κ1) is 13.6. The van der Waals surface area contributed by atoms with E-state index in [4.69, 9.17) is 5.21 Å². The Hall–Kier alpha value is -1.43. The molecule has 0 aliphatic heterocycles. The number of benzene rings is 1. The average molecular weight is 340 g/mol. The van der Waals surface area contributed by atoms with E-state index in [1.54, 1.807) is 0 Å². The highest BCUT2D eigenvalue weighted by atomic mass is 127. The second kappa shape index (κ2) is 6.34. The first-order valence-corrected chi connectivity index (χ1v) is 5.04. The first-order valence-electron chi connectivity index (χ1n) is 5.04. The molecule has 0 atom stereocenters. The lowest BCUT2D eigenvalue weighted by atomic mass is 10.0. The van der Waals surface area contributed by atoms with Crippen molar-refractivity contribution in [2.24, 2.45) is 12.2 Å². The maximum Gasteiger partial charge on any atom is 0.169 e. The monoisotopic (exact) mass is 340 g/mol. The van der Waals surface area contributed by atoms with Gasteiger partial charge >= 0.3 is 0 Å². The first-order chi connectivity index (χ1) is 7.81. The van der Waals surface area contributed by atoms with E-state index in [0.717, 1.165) is 11.1 Å². The second-order valence-corrected chi connectivity index (χ2v) is 3.57. The van der Waals surface area contributed by atoms with Gasteiger partial charge in [0.2, 0.25) is 0 Å². The number of hydrogen-bond donors (Lipinski definition) is 1. The highest BCUT2D eigenvalue weighted by Crippen LogP contribution is 2.08. The van der Waals surface area contributed by atoms with Crippen molar-refractivity contribution in [1.29, 1.82) is 0 Å². The van der Waals surface area contributed by atoms with Crippen LogP contribution >= 0.6 is 0 Å². The SMILES string of the molecule is C[n+]1ccc(/C(=N\O)c2ccccc2)cc1.[I-]. The molecule has 0 aliphatic rings. The fourth-order valence-electron chi connectivity index (χ4n) is 1.54. The average Bonchev–Trinajstić information content (AvgIpc) is 2.34. The lowest BCUT2D eigenvalue weighted by Gasteiger charge is -2.03. The minimum atomic E-state index is 0. The predicted octanol–water partition coefficient (Wildman–Crippen LogP) is -1.26. The van der Waals surface area contributed by atoms with Gasteiger partial charge < -0.3 is 29.2 Å². The highest BCUT2D eigenvalue weighted by Gasteiger charge is 2.08. The Morgan fingerprint density at radius 1 is 1.00 bits per heavy atom. The van der Waals surface area contributed by atoms with Crippen LogP contribution in [0.3, 0.4) is 0 Å². The molecule has 0 saturated heterocycles. The summed E-state index contributed by atoms with van der Waals surface area (Å²) in [5.74, 6) is 0. The molecule has 0 fully saturated rings. The molecule has 0 saturated carbocycles. The van der Waals surface area contributed by atoms with Crippen molar-refractivity contribution >= 4 is 5.71 Å². The van der Waals surface area contributed by atoms with Crippen molar-refractivity contribution in [3.8, 4) is 0 Å². The van der Waals surface area contributed by atoms with Crippen LogP contribution in [0, 0.1) is 0 Å². The molecule has 3 nitrogen and oxygen atoms in total. The zero-order chi connectivity index (χ0) is 11.4. The molecule has 88 valence electrons. The molecule has 0 amide bonds. The van der Waals surface area contributed by atoms with Crippen molar-refractivity contribution in [1.82, 2.24) is 0 Å². The van der Waals surface area contributed by atoms with Crippen molar-refractivity contribution in [2.45, 2.75) is 0 Å². The zero-order valence-electron chi connectivity index (χ0n) is 9.42. The van der Waals surface area contributed by atoms with Gasteiger partial charge in [-0.3, -0.25) is 0 Å². The van der Waals surface area contributed by atoms with E-state index < -0.39 is 0 Å². The minimum absolute atomic E-state index is 0. The van der Waals surface area contributed by atoms with E-state index in [1.807, 2.05) is 66.5 Å². The second-order valence-electron chi connectivity index (χ2n) is 3.57. The lowest BCUT2D eigenvalue weighted by Crippen LogP contribution is -3.00. The summed E-state index contributed by atoms with van der Waals surface area (Å²) < 4.78 is 1.93. The predicted molar refractivity (Wildman–Crippen MR) is 61.5 cm³/mol. The van der Waals surface area contributed by atoms with Crippen molar-refractivity contribution < 1.29 is 33.8 Å². The van der Waals surface area contributed by atoms with Gasteiger partial charge in [-0.15, -0.1) is 0 Å². The fourth-order valence-corrected chi connectivity index (χ4v) is 1.54. The van der Waals surface area contributed by atoms with Crippen molar-refractivity contribution in [2.75, 3.05) is 0 Å². The summed E-state index contributed by atoms with van der Waals surface area (Å²) in [4.78, 5) is 0. The molecule has 0 unspecified atom stereocenters. The molecule has 2 aromatic rings. The smallest absolute Gasteiger partial charge is 0.169 e. The topological polar surface area (TPSA) is 36.5 Å². The third-order valence-corrected chi connectivity index (χ3v) is 2.40. The third kappa shape index (κ3) is 3.26. The molecule has 4 heteroatoms. The number of aromatic nitrogens is 1. The summed E-state index contributed by atoms with van der Waals surface area (Å²) >= 11 is 0. The number of halogens is 1. The molecule has 1 aromatic heterocycles. The maximum atomic E-state index is 9.08. The minimum Gasteiger partial charge on any atom is -1.00 e. The number of nitrogens with zero attached hydrogens (tertiary/aromatic N) is 2. The lowest BCUT2D eigenvalue weighted by molar-refractivity contribution is -0.671. The van der Waals surface area contributed by atoms with E-state index in [0.29, 0.717) is 5.71 Å². The summed E-state index contributed by atoms with van der Waals surface area (Å²) in [7, 11) is 1.95. The Morgan fingerprint density at radius 2 is 1.53 bits per heavy atom. The van der Waals surface area contributed by atoms with Crippen LogP contribution in [0.25, 0.3) is 0 Å². The third-order valence-electron chi connectivity index (χ3n) is 2.40. The van der Waals surface area contributed by atoms with Crippen molar-refractivity contribution in [3.05, 3.63) is 66.0 Å². The van der Waals surface area contributed by atoms with Gasteiger partial charge in [-0.2, -0.15) is 0 Å². The van der Waals surface area contributed by atoms with Crippen molar-refractivity contribution in [3.63, 3.8) is 0 Å².